The van der Waals surface area contributed by atoms with E-state index in [1.807, 2.05) is 0 Å². The molecule has 0 unspecified atom stereocenters. The molecule has 0 aliphatic rings. The Balaban J connectivity index is 1.93. The molecule has 2 aromatic rings. The van der Waals surface area contributed by atoms with E-state index in [0.29, 0.717) is 19.7 Å². The van der Waals surface area contributed by atoms with Crippen LogP contribution >= 0.6 is 43.5 Å². The van der Waals surface area contributed by atoms with Gasteiger partial charge in [0.25, 0.3) is 0 Å². The van der Waals surface area contributed by atoms with Gasteiger partial charge in [-0.3, -0.25) is 4.79 Å². The van der Waals surface area contributed by atoms with Crippen molar-refractivity contribution in [1.29, 1.82) is 0 Å². The zero-order valence-corrected chi connectivity index (χ0v) is 17.0. The number of halogens is 3. The van der Waals surface area contributed by atoms with Crippen LogP contribution in [-0.2, 0) is 14.8 Å². The standard InChI is InChI=1S/C15H13Br2ClN2O3S/c16-10-4-5-13(17)14(8-10)24(22,23)19-7-6-15(21)20-12-3-1-2-11(18)9-12/h1-5,8-9,19H,6-7H2,(H,20,21). The Bertz CT molecular complexity index is 860. The van der Waals surface area contributed by atoms with Crippen molar-refractivity contribution in [2.45, 2.75) is 11.3 Å². The van der Waals surface area contributed by atoms with Gasteiger partial charge in [0, 0.05) is 32.6 Å². The fraction of sp³-hybridized carbons (Fsp3) is 0.133. The topological polar surface area (TPSA) is 75.3 Å². The summed E-state index contributed by atoms with van der Waals surface area (Å²) in [4.78, 5) is 12.0. The Morgan fingerprint density at radius 1 is 1.12 bits per heavy atom. The third-order valence-corrected chi connectivity index (χ3v) is 6.12. The van der Waals surface area contributed by atoms with Crippen molar-refractivity contribution in [3.8, 4) is 0 Å². The van der Waals surface area contributed by atoms with E-state index in [2.05, 4.69) is 41.9 Å². The molecule has 2 N–H and O–H groups in total. The largest absolute Gasteiger partial charge is 0.326 e. The number of hydrogen-bond donors (Lipinski definition) is 2. The second-order valence-electron chi connectivity index (χ2n) is 4.78. The monoisotopic (exact) mass is 494 g/mol. The van der Waals surface area contributed by atoms with Crippen molar-refractivity contribution in [1.82, 2.24) is 4.72 Å². The van der Waals surface area contributed by atoms with E-state index in [1.165, 1.54) is 6.07 Å². The van der Waals surface area contributed by atoms with Crippen LogP contribution in [0.1, 0.15) is 6.42 Å². The van der Waals surface area contributed by atoms with Crippen molar-refractivity contribution < 1.29 is 13.2 Å². The number of carbonyl (C=O) groups is 1. The molecule has 24 heavy (non-hydrogen) atoms. The molecule has 0 bridgehead atoms. The maximum Gasteiger partial charge on any atom is 0.241 e. The summed E-state index contributed by atoms with van der Waals surface area (Å²) in [5, 5.41) is 3.16. The summed E-state index contributed by atoms with van der Waals surface area (Å²) in [7, 11) is -3.72. The van der Waals surface area contributed by atoms with Crippen LogP contribution in [0.25, 0.3) is 0 Å². The highest BCUT2D eigenvalue weighted by Crippen LogP contribution is 2.25. The summed E-state index contributed by atoms with van der Waals surface area (Å²) in [5.74, 6) is -0.312. The van der Waals surface area contributed by atoms with Gasteiger partial charge in [0.05, 0.1) is 4.90 Å². The number of hydrogen-bond acceptors (Lipinski definition) is 3. The van der Waals surface area contributed by atoms with Crippen LogP contribution in [0.4, 0.5) is 5.69 Å². The SMILES string of the molecule is O=C(CCNS(=O)(=O)c1cc(Br)ccc1Br)Nc1cccc(Cl)c1. The van der Waals surface area contributed by atoms with Gasteiger partial charge in [-0.25, -0.2) is 13.1 Å². The third-order valence-electron chi connectivity index (χ3n) is 2.94. The van der Waals surface area contributed by atoms with Crippen LogP contribution in [0, 0.1) is 0 Å². The average molecular weight is 497 g/mol. The molecule has 2 rings (SSSR count). The fourth-order valence-electron chi connectivity index (χ4n) is 1.85. The summed E-state index contributed by atoms with van der Waals surface area (Å²) in [6.07, 6.45) is -0.00261. The Kier molecular flexibility index (Phi) is 6.82. The molecule has 0 heterocycles. The lowest BCUT2D eigenvalue weighted by Crippen LogP contribution is -2.28. The van der Waals surface area contributed by atoms with Crippen molar-refractivity contribution in [3.63, 3.8) is 0 Å². The highest BCUT2D eigenvalue weighted by molar-refractivity contribution is 9.11. The highest BCUT2D eigenvalue weighted by atomic mass is 79.9. The molecular formula is C15H13Br2ClN2O3S. The van der Waals surface area contributed by atoms with Gasteiger partial charge in [-0.05, 0) is 52.3 Å². The Hall–Kier alpha value is -0.930. The molecule has 0 spiro atoms. The number of benzene rings is 2. The van der Waals surface area contributed by atoms with E-state index in [1.54, 1.807) is 36.4 Å². The maximum absolute atomic E-state index is 12.3. The van der Waals surface area contributed by atoms with Gasteiger partial charge in [-0.1, -0.05) is 33.6 Å². The molecule has 0 radical (unpaired) electrons. The van der Waals surface area contributed by atoms with Crippen LogP contribution in [0.3, 0.4) is 0 Å². The van der Waals surface area contributed by atoms with E-state index in [-0.39, 0.29) is 23.8 Å². The lowest BCUT2D eigenvalue weighted by molar-refractivity contribution is -0.116. The van der Waals surface area contributed by atoms with Crippen molar-refractivity contribution in [2.75, 3.05) is 11.9 Å². The zero-order chi connectivity index (χ0) is 17.7. The van der Waals surface area contributed by atoms with Crippen molar-refractivity contribution >= 4 is 65.1 Å². The molecule has 128 valence electrons. The quantitative estimate of drug-likeness (QED) is 0.630. The molecule has 9 heteroatoms. The molecule has 0 saturated heterocycles. The first-order chi connectivity index (χ1) is 11.3. The summed E-state index contributed by atoms with van der Waals surface area (Å²) >= 11 is 12.3. The number of carbonyl (C=O) groups excluding carboxylic acids is 1. The maximum atomic E-state index is 12.3. The summed E-state index contributed by atoms with van der Waals surface area (Å²) in [6.45, 7) is -0.0202. The van der Waals surface area contributed by atoms with E-state index < -0.39 is 10.0 Å². The van der Waals surface area contributed by atoms with Gasteiger partial charge in [0.1, 0.15) is 0 Å². The summed E-state index contributed by atoms with van der Waals surface area (Å²) in [6, 6.07) is 11.6. The Morgan fingerprint density at radius 2 is 1.88 bits per heavy atom. The molecule has 0 atom stereocenters. The van der Waals surface area contributed by atoms with Gasteiger partial charge < -0.3 is 5.32 Å². The van der Waals surface area contributed by atoms with E-state index in [0.717, 1.165) is 0 Å². The number of rotatable bonds is 6. The molecule has 2 aromatic carbocycles. The smallest absolute Gasteiger partial charge is 0.241 e. The molecule has 0 saturated carbocycles. The minimum atomic E-state index is -3.72. The number of anilines is 1. The minimum Gasteiger partial charge on any atom is -0.326 e. The normalized spacial score (nSPS) is 11.3. The molecule has 0 fully saturated rings. The van der Waals surface area contributed by atoms with Crippen LogP contribution in [-0.4, -0.2) is 20.9 Å². The number of nitrogens with one attached hydrogen (secondary N) is 2. The molecule has 0 aliphatic heterocycles. The van der Waals surface area contributed by atoms with Gasteiger partial charge in [-0.2, -0.15) is 0 Å². The van der Waals surface area contributed by atoms with Crippen LogP contribution < -0.4 is 10.0 Å². The molecule has 0 aromatic heterocycles. The minimum absolute atomic E-state index is 0.00261. The van der Waals surface area contributed by atoms with Gasteiger partial charge in [0.15, 0.2) is 0 Å². The van der Waals surface area contributed by atoms with Crippen LogP contribution in [0.2, 0.25) is 5.02 Å². The summed E-state index contributed by atoms with van der Waals surface area (Å²) in [5.41, 5.74) is 0.560. The zero-order valence-electron chi connectivity index (χ0n) is 12.2. The second kappa shape index (κ2) is 8.44. The molecule has 0 aliphatic carbocycles. The number of amides is 1. The van der Waals surface area contributed by atoms with Crippen LogP contribution in [0.15, 0.2) is 56.3 Å². The second-order valence-corrected chi connectivity index (χ2v) is 8.72. The lowest BCUT2D eigenvalue weighted by atomic mass is 10.3. The fourth-order valence-corrected chi connectivity index (χ4v) is 4.57. The molecular weight excluding hydrogens is 484 g/mol. The predicted octanol–water partition coefficient (Wildman–Crippen LogP) is 4.17. The highest BCUT2D eigenvalue weighted by Gasteiger charge is 2.18. The molecule has 1 amide bonds. The predicted molar refractivity (Wildman–Crippen MR) is 102 cm³/mol. The summed E-state index contributed by atoms with van der Waals surface area (Å²) < 4.78 is 28.1. The van der Waals surface area contributed by atoms with Crippen molar-refractivity contribution in [3.05, 3.63) is 56.4 Å². The van der Waals surface area contributed by atoms with Gasteiger partial charge in [-0.15, -0.1) is 0 Å². The van der Waals surface area contributed by atoms with Crippen LogP contribution in [0.5, 0.6) is 0 Å². The first kappa shape index (κ1) is 19.4. The number of sulfonamides is 1. The Morgan fingerprint density at radius 3 is 2.58 bits per heavy atom. The van der Waals surface area contributed by atoms with E-state index in [9.17, 15) is 13.2 Å². The molecule has 5 nitrogen and oxygen atoms in total. The van der Waals surface area contributed by atoms with Gasteiger partial charge >= 0.3 is 0 Å². The lowest BCUT2D eigenvalue weighted by Gasteiger charge is -2.09. The Labute approximate surface area is 162 Å². The first-order valence-corrected chi connectivity index (χ1v) is 10.2. The van der Waals surface area contributed by atoms with E-state index >= 15 is 0 Å². The third kappa shape index (κ3) is 5.56. The first-order valence-electron chi connectivity index (χ1n) is 6.78. The van der Waals surface area contributed by atoms with E-state index in [4.69, 9.17) is 11.6 Å². The van der Waals surface area contributed by atoms with Crippen molar-refractivity contribution in [2.24, 2.45) is 0 Å². The van der Waals surface area contributed by atoms with Gasteiger partial charge in [0.2, 0.25) is 15.9 Å². The average Bonchev–Trinajstić information content (AvgIpc) is 2.49.